The summed E-state index contributed by atoms with van der Waals surface area (Å²) in [7, 11) is 1.67. The molecule has 1 saturated carbocycles. The lowest BCUT2D eigenvalue weighted by Crippen LogP contribution is -2.34. The molecule has 0 aromatic carbocycles. The van der Waals surface area contributed by atoms with Gasteiger partial charge in [-0.3, -0.25) is 24.2 Å². The van der Waals surface area contributed by atoms with E-state index in [4.69, 9.17) is 0 Å². The molecule has 1 aliphatic carbocycles. The summed E-state index contributed by atoms with van der Waals surface area (Å²) in [6, 6.07) is 0.196. The third-order valence-electron chi connectivity index (χ3n) is 4.72. The van der Waals surface area contributed by atoms with Crippen molar-refractivity contribution in [3.8, 4) is 0 Å². The highest BCUT2D eigenvalue weighted by Gasteiger charge is 2.28. The van der Waals surface area contributed by atoms with Gasteiger partial charge in [-0.05, 0) is 44.6 Å². The minimum atomic E-state index is -0.243. The number of rotatable bonds is 5. The first kappa shape index (κ1) is 15.6. The van der Waals surface area contributed by atoms with Crippen molar-refractivity contribution in [1.82, 2.24) is 20.1 Å². The van der Waals surface area contributed by atoms with Crippen LogP contribution in [0.1, 0.15) is 37.3 Å². The SMILES string of the molecule is Cc1c(CCC(=O)N[C@@H](C)C2CC2)c(=O)[nH]c2c1c(=O)[nH]n2C. The van der Waals surface area contributed by atoms with Gasteiger partial charge in [0.15, 0.2) is 0 Å². The lowest BCUT2D eigenvalue weighted by atomic mass is 10.0. The van der Waals surface area contributed by atoms with Gasteiger partial charge in [-0.1, -0.05) is 0 Å². The van der Waals surface area contributed by atoms with E-state index in [0.717, 1.165) is 0 Å². The van der Waals surface area contributed by atoms with E-state index in [0.29, 0.717) is 34.5 Å². The van der Waals surface area contributed by atoms with E-state index in [2.05, 4.69) is 15.4 Å². The van der Waals surface area contributed by atoms with Crippen LogP contribution in [0.15, 0.2) is 9.59 Å². The Kier molecular flexibility index (Phi) is 3.87. The van der Waals surface area contributed by atoms with Gasteiger partial charge in [0.25, 0.3) is 11.1 Å². The largest absolute Gasteiger partial charge is 0.353 e. The Balaban J connectivity index is 1.80. The molecule has 0 saturated heterocycles. The minimum Gasteiger partial charge on any atom is -0.353 e. The highest BCUT2D eigenvalue weighted by molar-refractivity contribution is 5.80. The Morgan fingerprint density at radius 3 is 2.70 bits per heavy atom. The number of hydrogen-bond acceptors (Lipinski definition) is 3. The van der Waals surface area contributed by atoms with Gasteiger partial charge in [-0.15, -0.1) is 0 Å². The quantitative estimate of drug-likeness (QED) is 0.757. The Bertz CT molecular complexity index is 870. The highest BCUT2D eigenvalue weighted by atomic mass is 16.2. The molecule has 1 fully saturated rings. The summed E-state index contributed by atoms with van der Waals surface area (Å²) in [6.45, 7) is 3.77. The van der Waals surface area contributed by atoms with Gasteiger partial charge >= 0.3 is 0 Å². The Morgan fingerprint density at radius 2 is 2.04 bits per heavy atom. The van der Waals surface area contributed by atoms with Gasteiger partial charge in [0, 0.05) is 25.1 Å². The van der Waals surface area contributed by atoms with Crippen molar-refractivity contribution in [2.75, 3.05) is 0 Å². The van der Waals surface area contributed by atoms with Crippen LogP contribution in [0.5, 0.6) is 0 Å². The zero-order valence-electron chi connectivity index (χ0n) is 13.7. The number of amides is 1. The standard InChI is InChI=1S/C16H22N4O3/c1-8-11(6-7-12(21)17-9(2)10-4-5-10)15(22)18-14-13(8)16(23)19-20(14)3/h9-10H,4-7H2,1-3H3,(H,17,21)(H,18,22)(H,19,23)/t9-/m0/s1. The third-order valence-corrected chi connectivity index (χ3v) is 4.72. The van der Waals surface area contributed by atoms with Crippen molar-refractivity contribution in [3.05, 3.63) is 31.8 Å². The van der Waals surface area contributed by atoms with E-state index in [-0.39, 0.29) is 29.5 Å². The highest BCUT2D eigenvalue weighted by Crippen LogP contribution is 2.32. The van der Waals surface area contributed by atoms with Crippen molar-refractivity contribution in [1.29, 1.82) is 0 Å². The van der Waals surface area contributed by atoms with Crippen LogP contribution in [0.2, 0.25) is 0 Å². The first-order valence-corrected chi connectivity index (χ1v) is 7.98. The maximum atomic E-state index is 12.3. The van der Waals surface area contributed by atoms with Gasteiger partial charge in [0.1, 0.15) is 5.65 Å². The molecular weight excluding hydrogens is 296 g/mol. The van der Waals surface area contributed by atoms with Crippen LogP contribution in [0, 0.1) is 12.8 Å². The molecule has 7 nitrogen and oxygen atoms in total. The van der Waals surface area contributed by atoms with Gasteiger partial charge in [-0.25, -0.2) is 0 Å². The molecule has 1 aliphatic rings. The molecule has 3 rings (SSSR count). The molecule has 0 unspecified atom stereocenters. The Labute approximate surface area is 133 Å². The van der Waals surface area contributed by atoms with Crippen molar-refractivity contribution >= 4 is 16.9 Å². The first-order chi connectivity index (χ1) is 10.9. The molecule has 2 aromatic rings. The predicted octanol–water partition coefficient (Wildman–Crippen LogP) is 0.711. The molecule has 2 aromatic heterocycles. The fourth-order valence-electron chi connectivity index (χ4n) is 3.12. The molecule has 0 spiro atoms. The summed E-state index contributed by atoms with van der Waals surface area (Å²) in [5.41, 5.74) is 1.15. The number of nitrogens with one attached hydrogen (secondary N) is 3. The second-order valence-corrected chi connectivity index (χ2v) is 6.47. The summed E-state index contributed by atoms with van der Waals surface area (Å²) >= 11 is 0. The summed E-state index contributed by atoms with van der Waals surface area (Å²) in [4.78, 5) is 39.0. The number of nitrogens with zero attached hydrogens (tertiary/aromatic N) is 1. The molecule has 0 bridgehead atoms. The van der Waals surface area contributed by atoms with Gasteiger partial charge in [0.2, 0.25) is 5.91 Å². The van der Waals surface area contributed by atoms with E-state index < -0.39 is 0 Å². The number of fused-ring (bicyclic) bond motifs is 1. The topological polar surface area (TPSA) is 99.8 Å². The van der Waals surface area contributed by atoms with Crippen LogP contribution in [-0.4, -0.2) is 26.7 Å². The van der Waals surface area contributed by atoms with Crippen molar-refractivity contribution in [2.24, 2.45) is 13.0 Å². The first-order valence-electron chi connectivity index (χ1n) is 7.98. The van der Waals surface area contributed by atoms with Crippen LogP contribution in [0.3, 0.4) is 0 Å². The second-order valence-electron chi connectivity index (χ2n) is 6.47. The zero-order chi connectivity index (χ0) is 16.7. The van der Waals surface area contributed by atoms with E-state index in [1.54, 1.807) is 14.0 Å². The molecule has 1 amide bonds. The fourth-order valence-corrected chi connectivity index (χ4v) is 3.12. The summed E-state index contributed by atoms with van der Waals surface area (Å²) in [5.74, 6) is 0.550. The summed E-state index contributed by atoms with van der Waals surface area (Å²) in [6.07, 6.45) is 2.92. The van der Waals surface area contributed by atoms with Crippen LogP contribution < -0.4 is 16.4 Å². The number of H-pyrrole nitrogens is 2. The van der Waals surface area contributed by atoms with Crippen LogP contribution in [-0.2, 0) is 18.3 Å². The maximum absolute atomic E-state index is 12.3. The molecular formula is C16H22N4O3. The van der Waals surface area contributed by atoms with Crippen LogP contribution in [0.25, 0.3) is 11.0 Å². The average molecular weight is 318 g/mol. The molecule has 0 aliphatic heterocycles. The number of aromatic amines is 2. The molecule has 23 heavy (non-hydrogen) atoms. The minimum absolute atomic E-state index is 0.0507. The molecule has 1 atom stereocenters. The number of aromatic nitrogens is 3. The molecule has 3 N–H and O–H groups in total. The number of aryl methyl sites for hydroxylation is 2. The third kappa shape index (κ3) is 2.95. The van der Waals surface area contributed by atoms with Crippen LogP contribution >= 0.6 is 0 Å². The fraction of sp³-hybridized carbons (Fsp3) is 0.562. The number of carbonyl (C=O) groups is 1. The number of pyridine rings is 1. The summed E-state index contributed by atoms with van der Waals surface area (Å²) < 4.78 is 1.50. The van der Waals surface area contributed by atoms with E-state index in [1.165, 1.54) is 17.5 Å². The molecule has 7 heteroatoms. The molecule has 2 heterocycles. The number of carbonyl (C=O) groups excluding carboxylic acids is 1. The van der Waals surface area contributed by atoms with Gasteiger partial charge < -0.3 is 10.3 Å². The lowest BCUT2D eigenvalue weighted by Gasteiger charge is -2.13. The van der Waals surface area contributed by atoms with Crippen molar-refractivity contribution < 1.29 is 4.79 Å². The average Bonchev–Trinajstić information content (AvgIpc) is 3.26. The summed E-state index contributed by atoms with van der Waals surface area (Å²) in [5, 5.41) is 6.09. The maximum Gasteiger partial charge on any atom is 0.273 e. The van der Waals surface area contributed by atoms with E-state index >= 15 is 0 Å². The number of hydrogen-bond donors (Lipinski definition) is 3. The van der Waals surface area contributed by atoms with Gasteiger partial charge in [0.05, 0.1) is 5.39 Å². The molecule has 0 radical (unpaired) electrons. The molecule has 124 valence electrons. The Morgan fingerprint density at radius 1 is 1.35 bits per heavy atom. The smallest absolute Gasteiger partial charge is 0.273 e. The van der Waals surface area contributed by atoms with Crippen LogP contribution in [0.4, 0.5) is 0 Å². The normalized spacial score (nSPS) is 15.8. The van der Waals surface area contributed by atoms with Crippen molar-refractivity contribution in [2.45, 2.75) is 45.6 Å². The monoisotopic (exact) mass is 318 g/mol. The Hall–Kier alpha value is -2.31. The zero-order valence-corrected chi connectivity index (χ0v) is 13.7. The van der Waals surface area contributed by atoms with Gasteiger partial charge in [-0.2, -0.15) is 0 Å². The van der Waals surface area contributed by atoms with E-state index in [1.807, 2.05) is 6.92 Å². The second kappa shape index (κ2) is 5.72. The van der Waals surface area contributed by atoms with Crippen molar-refractivity contribution in [3.63, 3.8) is 0 Å². The lowest BCUT2D eigenvalue weighted by molar-refractivity contribution is -0.121. The predicted molar refractivity (Wildman–Crippen MR) is 87.5 cm³/mol. The van der Waals surface area contributed by atoms with E-state index in [9.17, 15) is 14.4 Å².